The van der Waals surface area contributed by atoms with Crippen LogP contribution in [0.3, 0.4) is 0 Å². The molecule has 1 N–H and O–H groups in total. The Bertz CT molecular complexity index is 421. The molecule has 0 aromatic heterocycles. The summed E-state index contributed by atoms with van der Waals surface area (Å²) >= 11 is 0. The first-order valence-corrected chi connectivity index (χ1v) is 7.43. The van der Waals surface area contributed by atoms with Gasteiger partial charge < -0.3 is 10.1 Å². The summed E-state index contributed by atoms with van der Waals surface area (Å²) in [6.45, 7) is 7.33. The van der Waals surface area contributed by atoms with Crippen LogP contribution in [-0.4, -0.2) is 43.3 Å². The molecule has 104 valence electrons. The van der Waals surface area contributed by atoms with E-state index in [4.69, 9.17) is 4.74 Å². The van der Waals surface area contributed by atoms with Gasteiger partial charge in [-0.05, 0) is 31.9 Å². The molecule has 19 heavy (non-hydrogen) atoms. The highest BCUT2D eigenvalue weighted by molar-refractivity contribution is 5.21. The lowest BCUT2D eigenvalue weighted by atomic mass is 10.1. The molecule has 0 amide bonds. The van der Waals surface area contributed by atoms with E-state index in [1.54, 1.807) is 0 Å². The first kappa shape index (κ1) is 13.1. The zero-order valence-corrected chi connectivity index (χ0v) is 11.8. The summed E-state index contributed by atoms with van der Waals surface area (Å²) in [5, 5.41) is 3.53. The molecule has 1 aromatic rings. The minimum atomic E-state index is 0.360. The van der Waals surface area contributed by atoms with E-state index in [9.17, 15) is 0 Å². The van der Waals surface area contributed by atoms with E-state index in [2.05, 4.69) is 41.4 Å². The van der Waals surface area contributed by atoms with Crippen molar-refractivity contribution in [1.82, 2.24) is 10.2 Å². The highest BCUT2D eigenvalue weighted by atomic mass is 16.5. The van der Waals surface area contributed by atoms with Crippen LogP contribution in [0.15, 0.2) is 24.3 Å². The Labute approximate surface area is 115 Å². The second-order valence-corrected chi connectivity index (χ2v) is 5.87. The Morgan fingerprint density at radius 3 is 3.26 bits per heavy atom. The van der Waals surface area contributed by atoms with Gasteiger partial charge in [0.05, 0.1) is 12.7 Å². The maximum atomic E-state index is 5.95. The second-order valence-electron chi connectivity index (χ2n) is 5.87. The highest BCUT2D eigenvalue weighted by Crippen LogP contribution is 2.22. The van der Waals surface area contributed by atoms with Gasteiger partial charge in [0.25, 0.3) is 0 Å². The normalized spacial score (nSPS) is 27.4. The van der Waals surface area contributed by atoms with E-state index in [0.29, 0.717) is 12.1 Å². The molecule has 2 atom stereocenters. The van der Waals surface area contributed by atoms with Gasteiger partial charge >= 0.3 is 0 Å². The number of benzene rings is 1. The summed E-state index contributed by atoms with van der Waals surface area (Å²) < 4.78 is 5.95. The van der Waals surface area contributed by atoms with Gasteiger partial charge in [-0.15, -0.1) is 0 Å². The van der Waals surface area contributed by atoms with Crippen molar-refractivity contribution in [2.75, 3.05) is 26.2 Å². The van der Waals surface area contributed by atoms with Crippen molar-refractivity contribution in [3.63, 3.8) is 0 Å². The molecule has 3 heteroatoms. The van der Waals surface area contributed by atoms with Gasteiger partial charge in [-0.2, -0.15) is 0 Å². The molecule has 2 aliphatic heterocycles. The van der Waals surface area contributed by atoms with Gasteiger partial charge in [-0.25, -0.2) is 0 Å². The average molecular weight is 260 g/mol. The van der Waals surface area contributed by atoms with Crippen LogP contribution in [0, 0.1) is 6.92 Å². The van der Waals surface area contributed by atoms with Crippen molar-refractivity contribution in [1.29, 1.82) is 0 Å². The van der Waals surface area contributed by atoms with Gasteiger partial charge in [0.1, 0.15) is 0 Å². The number of nitrogens with one attached hydrogen (secondary N) is 1. The molecule has 2 heterocycles. The Balaban J connectivity index is 1.43. The van der Waals surface area contributed by atoms with E-state index in [1.165, 1.54) is 30.5 Å². The fourth-order valence-electron chi connectivity index (χ4n) is 3.21. The van der Waals surface area contributed by atoms with Crippen molar-refractivity contribution < 1.29 is 4.74 Å². The molecule has 2 unspecified atom stereocenters. The summed E-state index contributed by atoms with van der Waals surface area (Å²) in [4.78, 5) is 2.60. The van der Waals surface area contributed by atoms with Gasteiger partial charge in [-0.3, -0.25) is 4.90 Å². The van der Waals surface area contributed by atoms with Crippen molar-refractivity contribution >= 4 is 0 Å². The second kappa shape index (κ2) is 6.04. The number of ether oxygens (including phenoxy) is 1. The molecule has 3 nitrogen and oxygen atoms in total. The van der Waals surface area contributed by atoms with Crippen LogP contribution in [0.5, 0.6) is 0 Å². The largest absolute Gasteiger partial charge is 0.374 e. The van der Waals surface area contributed by atoms with Gasteiger partial charge in [0.2, 0.25) is 0 Å². The van der Waals surface area contributed by atoms with Crippen LogP contribution in [0.25, 0.3) is 0 Å². The highest BCUT2D eigenvalue weighted by Gasteiger charge is 2.31. The van der Waals surface area contributed by atoms with Gasteiger partial charge in [-0.1, -0.05) is 29.8 Å². The Hall–Kier alpha value is -0.900. The Kier molecular flexibility index (Phi) is 4.16. The first-order chi connectivity index (χ1) is 9.31. The molecule has 2 fully saturated rings. The molecule has 3 rings (SSSR count). The third kappa shape index (κ3) is 3.35. The maximum Gasteiger partial charge on any atom is 0.0827 e. The van der Waals surface area contributed by atoms with Gasteiger partial charge in [0, 0.05) is 25.7 Å². The molecule has 0 saturated carbocycles. The predicted octanol–water partition coefficient (Wildman–Crippen LogP) is 1.95. The third-order valence-electron chi connectivity index (χ3n) is 4.25. The molecule has 0 radical (unpaired) electrons. The average Bonchev–Trinajstić information content (AvgIpc) is 2.86. The number of morpholine rings is 1. The minimum Gasteiger partial charge on any atom is -0.374 e. The number of aryl methyl sites for hydroxylation is 1. The third-order valence-corrected chi connectivity index (χ3v) is 4.25. The van der Waals surface area contributed by atoms with E-state index in [0.717, 1.165) is 26.2 Å². The van der Waals surface area contributed by atoms with Crippen molar-refractivity contribution in [3.05, 3.63) is 35.4 Å². The smallest absolute Gasteiger partial charge is 0.0827 e. The van der Waals surface area contributed by atoms with E-state index >= 15 is 0 Å². The first-order valence-electron chi connectivity index (χ1n) is 7.43. The van der Waals surface area contributed by atoms with Crippen LogP contribution in [0.2, 0.25) is 0 Å². The number of hydrogen-bond acceptors (Lipinski definition) is 3. The predicted molar refractivity (Wildman–Crippen MR) is 77.2 cm³/mol. The monoisotopic (exact) mass is 260 g/mol. The topological polar surface area (TPSA) is 24.5 Å². The van der Waals surface area contributed by atoms with Crippen LogP contribution >= 0.6 is 0 Å². The molecule has 0 bridgehead atoms. The zero-order valence-electron chi connectivity index (χ0n) is 11.8. The summed E-state index contributed by atoms with van der Waals surface area (Å²) in [5.41, 5.74) is 2.68. The van der Waals surface area contributed by atoms with E-state index in [-0.39, 0.29) is 0 Å². The lowest BCUT2D eigenvalue weighted by Crippen LogP contribution is -2.49. The van der Waals surface area contributed by atoms with Crippen LogP contribution in [0.4, 0.5) is 0 Å². The number of nitrogens with zero attached hydrogens (tertiary/aromatic N) is 1. The standard InChI is InChI=1S/C16H24N2O/c1-13-4-2-5-14(8-13)9-17-10-16-11-18-7-3-6-15(18)12-19-16/h2,4-5,8,15-17H,3,6-7,9-12H2,1H3. The van der Waals surface area contributed by atoms with Crippen LogP contribution < -0.4 is 5.32 Å². The molecule has 1 aromatic carbocycles. The molecule has 0 spiro atoms. The van der Waals surface area contributed by atoms with Crippen molar-refractivity contribution in [2.45, 2.75) is 38.5 Å². The SMILES string of the molecule is Cc1cccc(CNCC2CN3CCCC3CO2)c1. The molecule has 2 aliphatic rings. The van der Waals surface area contributed by atoms with Gasteiger partial charge in [0.15, 0.2) is 0 Å². The summed E-state index contributed by atoms with van der Waals surface area (Å²) in [5.74, 6) is 0. The minimum absolute atomic E-state index is 0.360. The van der Waals surface area contributed by atoms with E-state index < -0.39 is 0 Å². The lowest BCUT2D eigenvalue weighted by molar-refractivity contribution is -0.0470. The summed E-state index contributed by atoms with van der Waals surface area (Å²) in [6, 6.07) is 9.39. The molecule has 2 saturated heterocycles. The Morgan fingerprint density at radius 1 is 1.42 bits per heavy atom. The fraction of sp³-hybridized carbons (Fsp3) is 0.625. The number of fused-ring (bicyclic) bond motifs is 1. The van der Waals surface area contributed by atoms with Crippen LogP contribution in [-0.2, 0) is 11.3 Å². The lowest BCUT2D eigenvalue weighted by Gasteiger charge is -2.35. The van der Waals surface area contributed by atoms with Crippen molar-refractivity contribution in [2.24, 2.45) is 0 Å². The molecular formula is C16H24N2O. The van der Waals surface area contributed by atoms with Crippen LogP contribution in [0.1, 0.15) is 24.0 Å². The Morgan fingerprint density at radius 2 is 2.37 bits per heavy atom. The maximum absolute atomic E-state index is 5.95. The number of rotatable bonds is 4. The summed E-state index contributed by atoms with van der Waals surface area (Å²) in [6.07, 6.45) is 3.03. The number of hydrogen-bond donors (Lipinski definition) is 1. The summed E-state index contributed by atoms with van der Waals surface area (Å²) in [7, 11) is 0. The fourth-order valence-corrected chi connectivity index (χ4v) is 3.21. The quantitative estimate of drug-likeness (QED) is 0.895. The zero-order chi connectivity index (χ0) is 13.1. The molecule has 0 aliphatic carbocycles. The molecular weight excluding hydrogens is 236 g/mol. The van der Waals surface area contributed by atoms with E-state index in [1.807, 2.05) is 0 Å². The van der Waals surface area contributed by atoms with Crippen molar-refractivity contribution in [3.8, 4) is 0 Å².